The average molecular weight is 420 g/mol. The third-order valence-electron chi connectivity index (χ3n) is 5.34. The molecule has 0 unspecified atom stereocenters. The van der Waals surface area contributed by atoms with Gasteiger partial charge in [-0.25, -0.2) is 0 Å². The minimum Gasteiger partial charge on any atom is -0.493 e. The summed E-state index contributed by atoms with van der Waals surface area (Å²) in [5, 5.41) is 2.91. The van der Waals surface area contributed by atoms with Crippen molar-refractivity contribution in [3.63, 3.8) is 0 Å². The topological polar surface area (TPSA) is 90.2 Å². The summed E-state index contributed by atoms with van der Waals surface area (Å²) in [5.74, 6) is 1.04. The molecule has 3 heterocycles. The third-order valence-corrected chi connectivity index (χ3v) is 5.34. The van der Waals surface area contributed by atoms with E-state index >= 15 is 0 Å². The summed E-state index contributed by atoms with van der Waals surface area (Å²) >= 11 is 0. The Hall–Kier alpha value is -3.94. The highest BCUT2D eigenvalue weighted by Gasteiger charge is 2.27. The Kier molecular flexibility index (Phi) is 4.74. The normalized spacial score (nSPS) is 14.2. The van der Waals surface area contributed by atoms with E-state index in [2.05, 4.69) is 5.32 Å². The molecule has 5 rings (SSSR count). The van der Waals surface area contributed by atoms with Crippen LogP contribution in [0.2, 0.25) is 0 Å². The van der Waals surface area contributed by atoms with Crippen LogP contribution in [0.15, 0.2) is 53.3 Å². The summed E-state index contributed by atoms with van der Waals surface area (Å²) in [6.45, 7) is 1.43. The second-order valence-corrected chi connectivity index (χ2v) is 7.22. The number of methoxy groups -OCH3 is 1. The largest absolute Gasteiger partial charge is 0.493 e. The third kappa shape index (κ3) is 3.46. The number of carbonyl (C=O) groups excluding carboxylic acids is 2. The second-order valence-electron chi connectivity index (χ2n) is 7.22. The van der Waals surface area contributed by atoms with Crippen LogP contribution in [0, 0.1) is 0 Å². The van der Waals surface area contributed by atoms with E-state index in [4.69, 9.17) is 18.6 Å². The second kappa shape index (κ2) is 7.71. The maximum Gasteiger partial charge on any atom is 0.261 e. The van der Waals surface area contributed by atoms with E-state index in [-0.39, 0.29) is 11.8 Å². The molecule has 158 valence electrons. The first-order valence-electron chi connectivity index (χ1n) is 9.90. The molecule has 3 aromatic rings. The number of amides is 2. The SMILES string of the molecule is COc1cc(C(=O)Nc2ccc3c(c2)CCN3C(=O)c2ccoc2)cc2c1OCCO2. The van der Waals surface area contributed by atoms with Crippen molar-refractivity contribution in [2.45, 2.75) is 6.42 Å². The zero-order valence-corrected chi connectivity index (χ0v) is 16.8. The molecule has 2 aliphatic heterocycles. The van der Waals surface area contributed by atoms with E-state index in [1.165, 1.54) is 19.6 Å². The van der Waals surface area contributed by atoms with E-state index in [1.54, 1.807) is 29.2 Å². The van der Waals surface area contributed by atoms with Gasteiger partial charge in [0, 0.05) is 23.5 Å². The quantitative estimate of drug-likeness (QED) is 0.695. The van der Waals surface area contributed by atoms with Crippen molar-refractivity contribution in [2.24, 2.45) is 0 Å². The van der Waals surface area contributed by atoms with E-state index in [9.17, 15) is 9.59 Å². The molecule has 8 nitrogen and oxygen atoms in total. The summed E-state index contributed by atoms with van der Waals surface area (Å²) in [5.41, 5.74) is 3.39. The lowest BCUT2D eigenvalue weighted by Crippen LogP contribution is -2.28. The van der Waals surface area contributed by atoms with E-state index < -0.39 is 0 Å². The van der Waals surface area contributed by atoms with Gasteiger partial charge in [-0.15, -0.1) is 0 Å². The van der Waals surface area contributed by atoms with Gasteiger partial charge >= 0.3 is 0 Å². The molecule has 0 saturated heterocycles. The summed E-state index contributed by atoms with van der Waals surface area (Å²) < 4.78 is 21.6. The van der Waals surface area contributed by atoms with Gasteiger partial charge in [0.25, 0.3) is 11.8 Å². The summed E-state index contributed by atoms with van der Waals surface area (Å²) in [4.78, 5) is 27.2. The fourth-order valence-corrected chi connectivity index (χ4v) is 3.84. The number of ether oxygens (including phenoxy) is 3. The number of benzene rings is 2. The first kappa shape index (κ1) is 19.0. The Morgan fingerprint density at radius 3 is 2.74 bits per heavy atom. The number of rotatable bonds is 4. The van der Waals surface area contributed by atoms with Gasteiger partial charge in [0.05, 0.1) is 18.9 Å². The first-order valence-corrected chi connectivity index (χ1v) is 9.90. The van der Waals surface area contributed by atoms with Gasteiger partial charge in [0.1, 0.15) is 19.5 Å². The van der Waals surface area contributed by atoms with Crippen molar-refractivity contribution >= 4 is 23.2 Å². The van der Waals surface area contributed by atoms with Crippen molar-refractivity contribution in [1.29, 1.82) is 0 Å². The number of hydrogen-bond donors (Lipinski definition) is 1. The summed E-state index contributed by atoms with van der Waals surface area (Å²) in [7, 11) is 1.52. The van der Waals surface area contributed by atoms with Gasteiger partial charge in [-0.2, -0.15) is 0 Å². The van der Waals surface area contributed by atoms with Crippen molar-refractivity contribution < 1.29 is 28.2 Å². The highest BCUT2D eigenvalue weighted by molar-refractivity contribution is 6.08. The Morgan fingerprint density at radius 2 is 1.94 bits per heavy atom. The predicted molar refractivity (Wildman–Crippen MR) is 112 cm³/mol. The van der Waals surface area contributed by atoms with Crippen LogP contribution >= 0.6 is 0 Å². The lowest BCUT2D eigenvalue weighted by Gasteiger charge is -2.21. The molecule has 1 N–H and O–H groups in total. The Morgan fingerprint density at radius 1 is 1.06 bits per heavy atom. The van der Waals surface area contributed by atoms with Crippen LogP contribution in [0.3, 0.4) is 0 Å². The van der Waals surface area contributed by atoms with Gasteiger partial charge in [-0.1, -0.05) is 0 Å². The van der Waals surface area contributed by atoms with Gasteiger partial charge in [-0.05, 0) is 48.4 Å². The lowest BCUT2D eigenvalue weighted by molar-refractivity contribution is 0.0987. The van der Waals surface area contributed by atoms with Crippen LogP contribution in [0.5, 0.6) is 17.2 Å². The van der Waals surface area contributed by atoms with Crippen LogP contribution in [0.25, 0.3) is 0 Å². The molecule has 0 fully saturated rings. The Balaban J connectivity index is 1.36. The van der Waals surface area contributed by atoms with Gasteiger partial charge in [-0.3, -0.25) is 9.59 Å². The minimum absolute atomic E-state index is 0.104. The molecule has 0 saturated carbocycles. The molecular weight excluding hydrogens is 400 g/mol. The van der Waals surface area contributed by atoms with Crippen molar-refractivity contribution in [3.05, 3.63) is 65.6 Å². The highest BCUT2D eigenvalue weighted by atomic mass is 16.6. The zero-order chi connectivity index (χ0) is 21.4. The standard InChI is InChI=1S/C23H20N2O6/c1-28-19-11-16(12-20-21(19)31-9-8-30-20)22(26)24-17-2-3-18-14(10-17)4-6-25(18)23(27)15-5-7-29-13-15/h2-3,5,7,10-13H,4,6,8-9H2,1H3,(H,24,26). The maximum atomic E-state index is 12.9. The number of hydrogen-bond acceptors (Lipinski definition) is 6. The molecule has 0 aliphatic carbocycles. The van der Waals surface area contributed by atoms with Crippen molar-refractivity contribution in [3.8, 4) is 17.2 Å². The Labute approximate surface area is 178 Å². The molecule has 0 bridgehead atoms. The molecular formula is C23H20N2O6. The first-order chi connectivity index (χ1) is 15.1. The molecule has 2 aromatic carbocycles. The van der Waals surface area contributed by atoms with Crippen LogP contribution < -0.4 is 24.4 Å². The van der Waals surface area contributed by atoms with Crippen LogP contribution in [-0.4, -0.2) is 38.7 Å². The zero-order valence-electron chi connectivity index (χ0n) is 16.8. The average Bonchev–Trinajstić information content (AvgIpc) is 3.48. The molecule has 31 heavy (non-hydrogen) atoms. The van der Waals surface area contributed by atoms with Gasteiger partial charge in [0.2, 0.25) is 5.75 Å². The maximum absolute atomic E-state index is 12.9. The molecule has 8 heteroatoms. The van der Waals surface area contributed by atoms with Crippen LogP contribution in [0.1, 0.15) is 26.3 Å². The number of carbonyl (C=O) groups is 2. The Bertz CT molecular complexity index is 1140. The van der Waals surface area contributed by atoms with Crippen LogP contribution in [-0.2, 0) is 6.42 Å². The van der Waals surface area contributed by atoms with E-state index in [0.717, 1.165) is 11.3 Å². The molecule has 2 amide bonds. The van der Waals surface area contributed by atoms with E-state index in [0.29, 0.717) is 60.2 Å². The van der Waals surface area contributed by atoms with Crippen molar-refractivity contribution in [2.75, 3.05) is 37.1 Å². The number of anilines is 2. The summed E-state index contributed by atoms with van der Waals surface area (Å²) in [6.07, 6.45) is 3.63. The molecule has 1 aromatic heterocycles. The summed E-state index contributed by atoms with van der Waals surface area (Å²) in [6, 6.07) is 10.4. The smallest absolute Gasteiger partial charge is 0.261 e. The van der Waals surface area contributed by atoms with E-state index in [1.807, 2.05) is 12.1 Å². The number of nitrogens with zero attached hydrogens (tertiary/aromatic N) is 1. The number of furan rings is 1. The molecule has 0 atom stereocenters. The predicted octanol–water partition coefficient (Wildman–Crippen LogP) is 3.51. The lowest BCUT2D eigenvalue weighted by atomic mass is 10.1. The van der Waals surface area contributed by atoms with Crippen LogP contribution in [0.4, 0.5) is 11.4 Å². The monoisotopic (exact) mass is 420 g/mol. The van der Waals surface area contributed by atoms with Crippen molar-refractivity contribution in [1.82, 2.24) is 0 Å². The number of fused-ring (bicyclic) bond motifs is 2. The van der Waals surface area contributed by atoms with Gasteiger partial charge < -0.3 is 28.8 Å². The minimum atomic E-state index is -0.292. The van der Waals surface area contributed by atoms with Gasteiger partial charge in [0.15, 0.2) is 11.5 Å². The fourth-order valence-electron chi connectivity index (χ4n) is 3.84. The fraction of sp³-hybridized carbons (Fsp3) is 0.217. The molecule has 0 radical (unpaired) electrons. The number of nitrogens with one attached hydrogen (secondary N) is 1. The molecule has 2 aliphatic rings. The molecule has 0 spiro atoms. The highest BCUT2D eigenvalue weighted by Crippen LogP contribution is 2.40.